The summed E-state index contributed by atoms with van der Waals surface area (Å²) in [7, 11) is 0. The summed E-state index contributed by atoms with van der Waals surface area (Å²) in [5.41, 5.74) is -0.0881. The van der Waals surface area contributed by atoms with Crippen LogP contribution in [0.2, 0.25) is 5.02 Å². The van der Waals surface area contributed by atoms with Crippen molar-refractivity contribution in [1.82, 2.24) is 9.80 Å². The van der Waals surface area contributed by atoms with Crippen LogP contribution in [0.25, 0.3) is 0 Å². The van der Waals surface area contributed by atoms with Crippen LogP contribution in [0.5, 0.6) is 0 Å². The van der Waals surface area contributed by atoms with Crippen molar-refractivity contribution in [2.75, 3.05) is 26.2 Å². The second kappa shape index (κ2) is 8.73. The number of piperidine rings is 1. The van der Waals surface area contributed by atoms with Gasteiger partial charge in [-0.25, -0.2) is 0 Å². The minimum Gasteiger partial charge on any atom is -0.389 e. The molecule has 1 atom stereocenters. The third kappa shape index (κ3) is 4.24. The Bertz CT molecular complexity index is 675. The lowest BCUT2D eigenvalue weighted by atomic mass is 9.72. The zero-order chi connectivity index (χ0) is 19.6. The summed E-state index contributed by atoms with van der Waals surface area (Å²) in [6.07, 6.45) is 9.21. The highest BCUT2D eigenvalue weighted by Gasteiger charge is 2.45. The number of halogens is 1. The Morgan fingerprint density at radius 3 is 2.36 bits per heavy atom. The van der Waals surface area contributed by atoms with Gasteiger partial charge in [-0.3, -0.25) is 4.79 Å². The molecule has 1 saturated carbocycles. The van der Waals surface area contributed by atoms with E-state index in [9.17, 15) is 9.90 Å². The van der Waals surface area contributed by atoms with Gasteiger partial charge in [-0.2, -0.15) is 0 Å². The molecule has 3 fully saturated rings. The first-order valence-electron chi connectivity index (χ1n) is 11.1. The average Bonchev–Trinajstić information content (AvgIpc) is 3.23. The summed E-state index contributed by atoms with van der Waals surface area (Å²) in [6.45, 7) is 4.02. The van der Waals surface area contributed by atoms with Gasteiger partial charge < -0.3 is 14.9 Å². The molecular formula is C23H33ClN2O2. The molecule has 0 aromatic heterocycles. The van der Waals surface area contributed by atoms with E-state index in [-0.39, 0.29) is 5.91 Å². The molecule has 28 heavy (non-hydrogen) atoms. The Balaban J connectivity index is 1.52. The van der Waals surface area contributed by atoms with Gasteiger partial charge in [0.05, 0.1) is 11.5 Å². The predicted molar refractivity (Wildman–Crippen MR) is 113 cm³/mol. The molecule has 1 aliphatic carbocycles. The van der Waals surface area contributed by atoms with Gasteiger partial charge in [0, 0.05) is 24.2 Å². The fourth-order valence-electron chi connectivity index (χ4n) is 5.56. The van der Waals surface area contributed by atoms with Gasteiger partial charge in [-0.1, -0.05) is 43.0 Å². The Hall–Kier alpha value is -1.10. The molecule has 3 aliphatic rings. The van der Waals surface area contributed by atoms with Crippen LogP contribution in [0.1, 0.15) is 69.3 Å². The second-order valence-electron chi connectivity index (χ2n) is 8.95. The molecule has 0 radical (unpaired) electrons. The first-order valence-corrected chi connectivity index (χ1v) is 11.5. The molecule has 5 heteroatoms. The standard InChI is InChI=1S/C23H33ClN2O2/c24-19-8-6-7-18(17-19)21(23(28)11-2-1-3-12-23)22(27)26-15-9-20(10-16-26)25-13-4-5-14-25/h6-8,17,20-21,28H,1-5,9-16H2. The van der Waals surface area contributed by atoms with E-state index in [0.717, 1.165) is 50.8 Å². The largest absolute Gasteiger partial charge is 0.389 e. The Kier molecular flexibility index (Phi) is 6.29. The molecule has 2 saturated heterocycles. The van der Waals surface area contributed by atoms with E-state index in [1.165, 1.54) is 25.9 Å². The molecule has 2 aliphatic heterocycles. The van der Waals surface area contributed by atoms with E-state index < -0.39 is 11.5 Å². The summed E-state index contributed by atoms with van der Waals surface area (Å²) in [6, 6.07) is 8.17. The number of nitrogens with zero attached hydrogens (tertiary/aromatic N) is 2. The smallest absolute Gasteiger partial charge is 0.233 e. The number of aliphatic hydroxyl groups is 1. The topological polar surface area (TPSA) is 43.8 Å². The first kappa shape index (κ1) is 20.2. The number of amides is 1. The van der Waals surface area contributed by atoms with E-state index >= 15 is 0 Å². The van der Waals surface area contributed by atoms with Crippen molar-refractivity contribution in [3.63, 3.8) is 0 Å². The van der Waals surface area contributed by atoms with Crippen LogP contribution in [0.4, 0.5) is 0 Å². The Morgan fingerprint density at radius 2 is 1.71 bits per heavy atom. The molecule has 0 bridgehead atoms. The molecule has 4 rings (SSSR count). The summed E-state index contributed by atoms with van der Waals surface area (Å²) < 4.78 is 0. The van der Waals surface area contributed by atoms with Crippen molar-refractivity contribution in [1.29, 1.82) is 0 Å². The molecule has 1 N–H and O–H groups in total. The SMILES string of the molecule is O=C(C(c1cccc(Cl)c1)C1(O)CCCCC1)N1CCC(N2CCCC2)CC1. The summed E-state index contributed by atoms with van der Waals surface area (Å²) in [5, 5.41) is 12.1. The fourth-order valence-corrected chi connectivity index (χ4v) is 5.76. The van der Waals surface area contributed by atoms with E-state index in [1.807, 2.05) is 29.2 Å². The number of carbonyl (C=O) groups excluding carboxylic acids is 1. The lowest BCUT2D eigenvalue weighted by Gasteiger charge is -2.43. The van der Waals surface area contributed by atoms with Crippen molar-refractivity contribution < 1.29 is 9.90 Å². The van der Waals surface area contributed by atoms with Crippen molar-refractivity contribution in [3.8, 4) is 0 Å². The monoisotopic (exact) mass is 404 g/mol. The average molecular weight is 405 g/mol. The van der Waals surface area contributed by atoms with Gasteiger partial charge in [0.1, 0.15) is 0 Å². The van der Waals surface area contributed by atoms with E-state index in [4.69, 9.17) is 11.6 Å². The molecule has 154 valence electrons. The number of carbonyl (C=O) groups is 1. The zero-order valence-electron chi connectivity index (χ0n) is 16.8. The highest BCUT2D eigenvalue weighted by molar-refractivity contribution is 6.30. The van der Waals surface area contributed by atoms with Crippen molar-refractivity contribution in [3.05, 3.63) is 34.9 Å². The van der Waals surface area contributed by atoms with Gasteiger partial charge in [0.15, 0.2) is 0 Å². The molecular weight excluding hydrogens is 372 g/mol. The van der Waals surface area contributed by atoms with Crippen molar-refractivity contribution in [2.45, 2.75) is 75.3 Å². The minimum absolute atomic E-state index is 0.0894. The van der Waals surface area contributed by atoms with Crippen LogP contribution < -0.4 is 0 Å². The van der Waals surface area contributed by atoms with Crippen LogP contribution in [-0.4, -0.2) is 58.6 Å². The van der Waals surface area contributed by atoms with Gasteiger partial charge in [0.2, 0.25) is 5.91 Å². The summed E-state index contributed by atoms with van der Waals surface area (Å²) in [4.78, 5) is 18.3. The maximum absolute atomic E-state index is 13.7. The van der Waals surface area contributed by atoms with Crippen LogP contribution in [0, 0.1) is 0 Å². The van der Waals surface area contributed by atoms with Crippen LogP contribution in [0.15, 0.2) is 24.3 Å². The van der Waals surface area contributed by atoms with Gasteiger partial charge in [-0.05, 0) is 69.3 Å². The molecule has 1 aromatic rings. The normalized spacial score (nSPS) is 25.0. The molecule has 1 aromatic carbocycles. The third-order valence-corrected chi connectivity index (χ3v) is 7.35. The summed E-state index contributed by atoms with van der Waals surface area (Å²) in [5.74, 6) is -0.415. The number of hydrogen-bond donors (Lipinski definition) is 1. The zero-order valence-corrected chi connectivity index (χ0v) is 17.5. The summed E-state index contributed by atoms with van der Waals surface area (Å²) >= 11 is 6.24. The van der Waals surface area contributed by atoms with E-state index in [1.54, 1.807) is 0 Å². The number of benzene rings is 1. The first-order chi connectivity index (χ1) is 13.6. The van der Waals surface area contributed by atoms with E-state index in [2.05, 4.69) is 4.90 Å². The number of likely N-dealkylation sites (tertiary alicyclic amines) is 2. The number of rotatable bonds is 4. The highest BCUT2D eigenvalue weighted by Crippen LogP contribution is 2.42. The highest BCUT2D eigenvalue weighted by atomic mass is 35.5. The fraction of sp³-hybridized carbons (Fsp3) is 0.696. The maximum Gasteiger partial charge on any atom is 0.233 e. The maximum atomic E-state index is 13.7. The third-order valence-electron chi connectivity index (χ3n) is 7.12. The molecule has 1 amide bonds. The van der Waals surface area contributed by atoms with Gasteiger partial charge in [-0.15, -0.1) is 0 Å². The molecule has 4 nitrogen and oxygen atoms in total. The van der Waals surface area contributed by atoms with Gasteiger partial charge >= 0.3 is 0 Å². The Labute approximate surface area is 173 Å². The molecule has 1 unspecified atom stereocenters. The van der Waals surface area contributed by atoms with Crippen LogP contribution >= 0.6 is 11.6 Å². The van der Waals surface area contributed by atoms with Crippen LogP contribution in [-0.2, 0) is 4.79 Å². The minimum atomic E-state index is -0.953. The van der Waals surface area contributed by atoms with Crippen LogP contribution in [0.3, 0.4) is 0 Å². The molecule has 2 heterocycles. The lowest BCUT2D eigenvalue weighted by molar-refractivity contribution is -0.143. The lowest BCUT2D eigenvalue weighted by Crippen LogP contribution is -2.52. The molecule has 0 spiro atoms. The van der Waals surface area contributed by atoms with Gasteiger partial charge in [0.25, 0.3) is 0 Å². The Morgan fingerprint density at radius 1 is 1.04 bits per heavy atom. The second-order valence-corrected chi connectivity index (χ2v) is 9.39. The number of hydrogen-bond acceptors (Lipinski definition) is 3. The van der Waals surface area contributed by atoms with Crippen molar-refractivity contribution >= 4 is 17.5 Å². The van der Waals surface area contributed by atoms with Crippen molar-refractivity contribution in [2.24, 2.45) is 0 Å². The van der Waals surface area contributed by atoms with E-state index in [0.29, 0.717) is 23.9 Å². The quantitative estimate of drug-likeness (QED) is 0.817. The predicted octanol–water partition coefficient (Wildman–Crippen LogP) is 4.21.